The summed E-state index contributed by atoms with van der Waals surface area (Å²) < 4.78 is 31.6. The molecule has 0 saturated heterocycles. The Morgan fingerprint density at radius 2 is 2.00 bits per heavy atom. The predicted octanol–water partition coefficient (Wildman–Crippen LogP) is -0.162. The number of anilines is 1. The van der Waals surface area contributed by atoms with Crippen LogP contribution in [-0.4, -0.2) is 29.1 Å². The van der Waals surface area contributed by atoms with E-state index in [4.69, 9.17) is 4.55 Å². The molecule has 0 radical (unpaired) electrons. The second kappa shape index (κ2) is 5.41. The summed E-state index contributed by atoms with van der Waals surface area (Å²) in [6.45, 7) is 3.02. The fourth-order valence-electron chi connectivity index (χ4n) is 1.75. The van der Waals surface area contributed by atoms with Crippen LogP contribution in [0.2, 0.25) is 0 Å². The topological polar surface area (TPSA) is 126 Å². The van der Waals surface area contributed by atoms with E-state index < -0.39 is 27.3 Å². The Morgan fingerprint density at radius 3 is 2.42 bits per heavy atom. The van der Waals surface area contributed by atoms with Crippen molar-refractivity contribution in [1.82, 2.24) is 4.57 Å². The highest BCUT2D eigenvalue weighted by Gasteiger charge is 2.21. The van der Waals surface area contributed by atoms with Gasteiger partial charge >= 0.3 is 0 Å². The van der Waals surface area contributed by atoms with Crippen molar-refractivity contribution in [3.8, 4) is 5.88 Å². The molecular formula is C10H14N2O6S. The average Bonchev–Trinajstić information content (AvgIpc) is 2.30. The van der Waals surface area contributed by atoms with Crippen molar-refractivity contribution < 1.29 is 22.9 Å². The molecule has 0 aliphatic rings. The van der Waals surface area contributed by atoms with Gasteiger partial charge in [-0.05, 0) is 19.4 Å². The van der Waals surface area contributed by atoms with Gasteiger partial charge in [-0.3, -0.25) is 18.7 Å². The van der Waals surface area contributed by atoms with Gasteiger partial charge in [0.05, 0.1) is 0 Å². The first-order valence-electron chi connectivity index (χ1n) is 5.33. The number of amides is 1. The van der Waals surface area contributed by atoms with Gasteiger partial charge < -0.3 is 10.4 Å². The van der Waals surface area contributed by atoms with Crippen molar-refractivity contribution in [3.05, 3.63) is 21.5 Å². The summed E-state index contributed by atoms with van der Waals surface area (Å²) in [7, 11) is -4.40. The SMILES string of the molecule is CCn1c(O)c(NC=O)c(C)c(CS(=O)(=O)O)c1=O. The molecule has 19 heavy (non-hydrogen) atoms. The van der Waals surface area contributed by atoms with Crippen molar-refractivity contribution in [2.45, 2.75) is 26.1 Å². The van der Waals surface area contributed by atoms with Crippen LogP contribution < -0.4 is 10.9 Å². The lowest BCUT2D eigenvalue weighted by molar-refractivity contribution is -0.105. The van der Waals surface area contributed by atoms with Crippen LogP contribution in [0, 0.1) is 6.92 Å². The number of aromatic hydroxyl groups is 1. The van der Waals surface area contributed by atoms with Crippen LogP contribution in [0.25, 0.3) is 0 Å². The summed E-state index contributed by atoms with van der Waals surface area (Å²) in [6.07, 6.45) is 0.295. The van der Waals surface area contributed by atoms with E-state index in [1.54, 1.807) is 6.92 Å². The van der Waals surface area contributed by atoms with E-state index in [2.05, 4.69) is 5.32 Å². The molecule has 1 heterocycles. The first-order chi connectivity index (χ1) is 8.72. The minimum Gasteiger partial charge on any atom is -0.493 e. The molecule has 0 atom stereocenters. The Hall–Kier alpha value is -1.87. The van der Waals surface area contributed by atoms with E-state index in [9.17, 15) is 23.1 Å². The summed E-state index contributed by atoms with van der Waals surface area (Å²) >= 11 is 0. The molecule has 0 saturated carbocycles. The predicted molar refractivity (Wildman–Crippen MR) is 67.7 cm³/mol. The molecular weight excluding hydrogens is 276 g/mol. The maximum Gasteiger partial charge on any atom is 0.269 e. The molecule has 9 heteroatoms. The highest BCUT2D eigenvalue weighted by molar-refractivity contribution is 7.85. The highest BCUT2D eigenvalue weighted by Crippen LogP contribution is 2.27. The van der Waals surface area contributed by atoms with Gasteiger partial charge in [0.15, 0.2) is 0 Å². The van der Waals surface area contributed by atoms with Gasteiger partial charge in [0.1, 0.15) is 11.4 Å². The van der Waals surface area contributed by atoms with Crippen LogP contribution in [0.5, 0.6) is 5.88 Å². The number of nitrogens with one attached hydrogen (secondary N) is 1. The minimum atomic E-state index is -4.40. The molecule has 1 aromatic rings. The molecule has 8 nitrogen and oxygen atoms in total. The van der Waals surface area contributed by atoms with Crippen molar-refractivity contribution in [3.63, 3.8) is 0 Å². The highest BCUT2D eigenvalue weighted by atomic mass is 32.2. The number of hydrogen-bond acceptors (Lipinski definition) is 5. The quantitative estimate of drug-likeness (QED) is 0.511. The number of carbonyl (C=O) groups is 1. The lowest BCUT2D eigenvalue weighted by Gasteiger charge is -2.15. The largest absolute Gasteiger partial charge is 0.493 e. The monoisotopic (exact) mass is 290 g/mol. The molecule has 0 spiro atoms. The number of nitrogens with zero attached hydrogens (tertiary/aromatic N) is 1. The van der Waals surface area contributed by atoms with E-state index in [1.165, 1.54) is 6.92 Å². The molecule has 0 aliphatic carbocycles. The molecule has 0 unspecified atom stereocenters. The number of aromatic nitrogens is 1. The molecule has 0 fully saturated rings. The molecule has 1 rings (SSSR count). The van der Waals surface area contributed by atoms with Crippen LogP contribution in [0.4, 0.5) is 5.69 Å². The second-order valence-electron chi connectivity index (χ2n) is 3.84. The summed E-state index contributed by atoms with van der Waals surface area (Å²) in [5.41, 5.74) is -0.898. The van der Waals surface area contributed by atoms with Crippen LogP contribution in [-0.2, 0) is 27.2 Å². The number of pyridine rings is 1. The van der Waals surface area contributed by atoms with Crippen LogP contribution in [0.15, 0.2) is 4.79 Å². The van der Waals surface area contributed by atoms with Gasteiger partial charge in [-0.25, -0.2) is 0 Å². The number of carbonyl (C=O) groups excluding carboxylic acids is 1. The summed E-state index contributed by atoms with van der Waals surface area (Å²) in [5.74, 6) is -1.35. The Bertz CT molecular complexity index is 662. The summed E-state index contributed by atoms with van der Waals surface area (Å²) in [6, 6.07) is 0. The van der Waals surface area contributed by atoms with Gasteiger partial charge in [0.2, 0.25) is 12.3 Å². The van der Waals surface area contributed by atoms with E-state index in [0.717, 1.165) is 4.57 Å². The molecule has 1 amide bonds. The van der Waals surface area contributed by atoms with E-state index in [-0.39, 0.29) is 23.4 Å². The van der Waals surface area contributed by atoms with Gasteiger partial charge in [0, 0.05) is 12.1 Å². The molecule has 0 aliphatic heterocycles. The van der Waals surface area contributed by atoms with Crippen molar-refractivity contribution >= 4 is 22.2 Å². The van der Waals surface area contributed by atoms with Gasteiger partial charge in [0.25, 0.3) is 15.7 Å². The fourth-order valence-corrected chi connectivity index (χ4v) is 2.46. The zero-order valence-corrected chi connectivity index (χ0v) is 11.2. The first kappa shape index (κ1) is 15.2. The van der Waals surface area contributed by atoms with E-state index in [1.807, 2.05) is 0 Å². The number of rotatable bonds is 5. The third kappa shape index (κ3) is 3.12. The Kier molecular flexibility index (Phi) is 4.32. The first-order valence-corrected chi connectivity index (χ1v) is 6.94. The standard InChI is InChI=1S/C10H14N2O6S/c1-3-12-9(14)7(4-19(16,17)18)6(2)8(10(12)15)11-5-13/h5,15H,3-4H2,1-2H3,(H,11,13)(H,16,17,18). The van der Waals surface area contributed by atoms with Crippen LogP contribution >= 0.6 is 0 Å². The zero-order valence-electron chi connectivity index (χ0n) is 10.4. The minimum absolute atomic E-state index is 0.0601. The normalized spacial score (nSPS) is 11.3. The van der Waals surface area contributed by atoms with Gasteiger partial charge in [-0.2, -0.15) is 8.42 Å². The fraction of sp³-hybridized carbons (Fsp3) is 0.400. The molecule has 1 aromatic heterocycles. The third-order valence-corrected chi connectivity index (χ3v) is 3.31. The molecule has 0 aromatic carbocycles. The van der Waals surface area contributed by atoms with Crippen LogP contribution in [0.1, 0.15) is 18.1 Å². The lowest BCUT2D eigenvalue weighted by atomic mass is 10.1. The van der Waals surface area contributed by atoms with Gasteiger partial charge in [-0.15, -0.1) is 0 Å². The summed E-state index contributed by atoms with van der Waals surface area (Å²) in [5, 5.41) is 12.0. The van der Waals surface area contributed by atoms with Gasteiger partial charge in [-0.1, -0.05) is 0 Å². The number of hydrogen-bond donors (Lipinski definition) is 3. The second-order valence-corrected chi connectivity index (χ2v) is 5.29. The van der Waals surface area contributed by atoms with Crippen LogP contribution in [0.3, 0.4) is 0 Å². The van der Waals surface area contributed by atoms with Crippen molar-refractivity contribution in [2.24, 2.45) is 0 Å². The molecule has 0 bridgehead atoms. The van der Waals surface area contributed by atoms with E-state index >= 15 is 0 Å². The lowest BCUT2D eigenvalue weighted by Crippen LogP contribution is -2.27. The third-order valence-electron chi connectivity index (χ3n) is 2.66. The molecule has 3 N–H and O–H groups in total. The Balaban J connectivity index is 3.67. The molecule has 106 valence electrons. The maximum atomic E-state index is 12.0. The Labute approximate surface area is 109 Å². The zero-order chi connectivity index (χ0) is 14.8. The van der Waals surface area contributed by atoms with Crippen molar-refractivity contribution in [1.29, 1.82) is 0 Å². The summed E-state index contributed by atoms with van der Waals surface area (Å²) in [4.78, 5) is 22.5. The smallest absolute Gasteiger partial charge is 0.269 e. The average molecular weight is 290 g/mol. The Morgan fingerprint density at radius 1 is 1.42 bits per heavy atom. The maximum absolute atomic E-state index is 12.0. The van der Waals surface area contributed by atoms with Crippen molar-refractivity contribution in [2.75, 3.05) is 5.32 Å². The van der Waals surface area contributed by atoms with E-state index in [0.29, 0.717) is 6.41 Å².